The van der Waals surface area contributed by atoms with Crippen molar-refractivity contribution in [3.63, 3.8) is 0 Å². The van der Waals surface area contributed by atoms with Crippen LogP contribution in [0.5, 0.6) is 0 Å². The Hall–Kier alpha value is -0.685. The van der Waals surface area contributed by atoms with E-state index in [4.69, 9.17) is 9.84 Å². The van der Waals surface area contributed by atoms with Crippen molar-refractivity contribution >= 4 is 29.7 Å². The zero-order valence-corrected chi connectivity index (χ0v) is 11.9. The molecule has 1 fully saturated rings. The maximum Gasteiger partial charge on any atom is 0.457 e. The van der Waals surface area contributed by atoms with Gasteiger partial charge in [-0.05, 0) is 29.0 Å². The summed E-state index contributed by atoms with van der Waals surface area (Å²) in [5.74, 6) is -0.688. The van der Waals surface area contributed by atoms with Gasteiger partial charge in [-0.25, -0.2) is 4.79 Å². The summed E-state index contributed by atoms with van der Waals surface area (Å²) in [6.07, 6.45) is -0.0129. The van der Waals surface area contributed by atoms with Gasteiger partial charge in [0, 0.05) is 12.0 Å². The zero-order valence-electron chi connectivity index (χ0n) is 9.69. The van der Waals surface area contributed by atoms with Gasteiger partial charge in [-0.3, -0.25) is 14.3 Å². The number of rotatable bonds is 3. The molecule has 0 unspecified atom stereocenters. The number of aromatic nitrogens is 2. The van der Waals surface area contributed by atoms with Crippen molar-refractivity contribution < 1.29 is 19.9 Å². The number of hydrogen-bond acceptors (Lipinski definition) is 6. The van der Waals surface area contributed by atoms with E-state index in [9.17, 15) is 19.6 Å². The summed E-state index contributed by atoms with van der Waals surface area (Å²) in [4.78, 5) is 25.1. The van der Waals surface area contributed by atoms with Crippen LogP contribution in [0.4, 0.5) is 0 Å². The summed E-state index contributed by atoms with van der Waals surface area (Å²) in [7, 11) is -1.64. The molecular weight excluding hydrogens is 370 g/mol. The largest absolute Gasteiger partial charge is 0.457 e. The molecule has 0 radical (unpaired) electrons. The maximum absolute atomic E-state index is 11.7. The number of aliphatic hydroxyl groups is 1. The van der Waals surface area contributed by atoms with Crippen LogP contribution in [-0.2, 0) is 4.74 Å². The molecule has 2 heterocycles. The lowest BCUT2D eigenvalue weighted by atomic mass is 9.69. The molecule has 0 aromatic carbocycles. The molecule has 0 aliphatic carbocycles. The smallest absolute Gasteiger partial charge is 0.427 e. The number of ether oxygens (including phenoxy) is 1. The van der Waals surface area contributed by atoms with Crippen LogP contribution in [0.1, 0.15) is 12.6 Å². The van der Waals surface area contributed by atoms with Crippen molar-refractivity contribution in [2.45, 2.75) is 24.6 Å². The van der Waals surface area contributed by atoms with Gasteiger partial charge >= 0.3 is 12.8 Å². The van der Waals surface area contributed by atoms with E-state index in [-0.39, 0.29) is 13.0 Å². The van der Waals surface area contributed by atoms with Crippen molar-refractivity contribution in [3.8, 4) is 0 Å². The Bertz CT molecular complexity index is 573. The number of hydrogen-bond donors (Lipinski definition) is 4. The van der Waals surface area contributed by atoms with Crippen LogP contribution in [0, 0.1) is 3.57 Å². The number of aromatic amines is 1. The highest BCUT2D eigenvalue weighted by Crippen LogP contribution is 2.37. The lowest BCUT2D eigenvalue weighted by molar-refractivity contribution is -0.0258. The van der Waals surface area contributed by atoms with Gasteiger partial charge < -0.3 is 19.9 Å². The van der Waals surface area contributed by atoms with E-state index in [1.807, 2.05) is 0 Å². The maximum atomic E-state index is 11.7. The van der Waals surface area contributed by atoms with Crippen LogP contribution in [0.15, 0.2) is 15.8 Å². The molecule has 1 aliphatic heterocycles. The van der Waals surface area contributed by atoms with Crippen LogP contribution in [0.3, 0.4) is 0 Å². The van der Waals surface area contributed by atoms with Crippen LogP contribution in [-0.4, -0.2) is 44.5 Å². The molecule has 1 aliphatic rings. The van der Waals surface area contributed by atoms with Crippen molar-refractivity contribution in [3.05, 3.63) is 30.6 Å². The van der Waals surface area contributed by atoms with Gasteiger partial charge in [0.25, 0.3) is 5.56 Å². The van der Waals surface area contributed by atoms with E-state index in [1.165, 1.54) is 10.8 Å². The number of nitrogens with zero attached hydrogens (tertiary/aromatic N) is 1. The van der Waals surface area contributed by atoms with Crippen LogP contribution >= 0.6 is 22.6 Å². The molecule has 104 valence electrons. The molecule has 0 amide bonds. The molecule has 1 aromatic rings. The number of halogens is 1. The summed E-state index contributed by atoms with van der Waals surface area (Å²) >= 11 is 1.78. The second-order valence-electron chi connectivity index (χ2n) is 4.27. The fourth-order valence-corrected chi connectivity index (χ4v) is 2.52. The minimum absolute atomic E-state index is 0.158. The normalized spacial score (nSPS) is 26.6. The predicted octanol–water partition coefficient (Wildman–Crippen LogP) is -1.74. The van der Waals surface area contributed by atoms with Crippen LogP contribution in [0.25, 0.3) is 0 Å². The Kier molecular flexibility index (Phi) is 4.45. The van der Waals surface area contributed by atoms with Gasteiger partial charge in [-0.1, -0.05) is 0 Å². The summed E-state index contributed by atoms with van der Waals surface area (Å²) < 4.78 is 6.90. The molecular formula is C9H12BIN2O6. The number of H-pyrrole nitrogens is 1. The number of aliphatic hydroxyl groups excluding tert-OH is 1. The molecule has 10 heteroatoms. The van der Waals surface area contributed by atoms with E-state index >= 15 is 0 Å². The molecule has 3 atom stereocenters. The van der Waals surface area contributed by atoms with Gasteiger partial charge in [-0.2, -0.15) is 0 Å². The van der Waals surface area contributed by atoms with Gasteiger partial charge in [0.2, 0.25) is 0 Å². The minimum atomic E-state index is -1.64. The molecule has 0 saturated carbocycles. The summed E-state index contributed by atoms with van der Waals surface area (Å²) in [6.45, 7) is -0.381. The van der Waals surface area contributed by atoms with E-state index in [0.717, 1.165) is 0 Å². The Labute approximate surface area is 121 Å². The molecule has 1 saturated heterocycles. The average molecular weight is 382 g/mol. The topological polar surface area (TPSA) is 125 Å². The Morgan fingerprint density at radius 3 is 2.74 bits per heavy atom. The second kappa shape index (κ2) is 5.75. The molecule has 8 nitrogen and oxygen atoms in total. The lowest BCUT2D eigenvalue weighted by Crippen LogP contribution is -2.33. The number of nitrogens with one attached hydrogen (secondary N) is 1. The molecule has 1 aromatic heterocycles. The predicted molar refractivity (Wildman–Crippen MR) is 73.6 cm³/mol. The first kappa shape index (κ1) is 14.7. The van der Waals surface area contributed by atoms with Crippen molar-refractivity contribution in [1.29, 1.82) is 0 Å². The Morgan fingerprint density at radius 2 is 2.21 bits per heavy atom. The summed E-state index contributed by atoms with van der Waals surface area (Å²) in [5, 5.41) is 27.5. The van der Waals surface area contributed by atoms with Crippen molar-refractivity contribution in [1.82, 2.24) is 9.55 Å². The molecule has 2 rings (SSSR count). The Balaban J connectivity index is 2.32. The molecule has 4 N–H and O–H groups in total. The lowest BCUT2D eigenvalue weighted by Gasteiger charge is -2.15. The van der Waals surface area contributed by atoms with Crippen LogP contribution < -0.4 is 11.2 Å². The third kappa shape index (κ3) is 2.92. The van der Waals surface area contributed by atoms with Gasteiger partial charge in [-0.15, -0.1) is 0 Å². The zero-order chi connectivity index (χ0) is 14.2. The van der Waals surface area contributed by atoms with Gasteiger partial charge in [0.1, 0.15) is 6.23 Å². The SMILES string of the molecule is O=c1[nH]c(=O)n([C@H]2C[C@H](B(O)O)[C@@H](CO)O2)cc1I. The first-order valence-electron chi connectivity index (χ1n) is 5.57. The second-order valence-corrected chi connectivity index (χ2v) is 5.43. The van der Waals surface area contributed by atoms with Crippen molar-refractivity contribution in [2.24, 2.45) is 0 Å². The highest BCUT2D eigenvalue weighted by molar-refractivity contribution is 14.1. The van der Waals surface area contributed by atoms with E-state index in [1.54, 1.807) is 22.6 Å². The quantitative estimate of drug-likeness (QED) is 0.364. The first-order valence-corrected chi connectivity index (χ1v) is 6.65. The molecule has 0 bridgehead atoms. The van der Waals surface area contributed by atoms with Crippen LogP contribution in [0.2, 0.25) is 5.82 Å². The van der Waals surface area contributed by atoms with E-state index < -0.39 is 36.5 Å². The third-order valence-corrected chi connectivity index (χ3v) is 3.85. The summed E-state index contributed by atoms with van der Waals surface area (Å²) in [5.41, 5.74) is -1.13. The van der Waals surface area contributed by atoms with Crippen molar-refractivity contribution in [2.75, 3.05) is 6.61 Å². The van der Waals surface area contributed by atoms with E-state index in [2.05, 4.69) is 4.98 Å². The molecule has 0 spiro atoms. The highest BCUT2D eigenvalue weighted by atomic mass is 127. The first-order chi connectivity index (χ1) is 8.93. The average Bonchev–Trinajstić information content (AvgIpc) is 2.77. The third-order valence-electron chi connectivity index (χ3n) is 3.08. The molecule has 19 heavy (non-hydrogen) atoms. The van der Waals surface area contributed by atoms with E-state index in [0.29, 0.717) is 3.57 Å². The standard InChI is InChI=1S/C9H12BIN2O6/c11-5-2-13(9(16)12-8(5)15)7-1-4(10(17)18)6(3-14)19-7/h2,4,6-7,14,17-18H,1,3H2,(H,12,15,16)/t4-,6+,7+/m0/s1. The fraction of sp³-hybridized carbons (Fsp3) is 0.556. The minimum Gasteiger partial charge on any atom is -0.427 e. The highest BCUT2D eigenvalue weighted by Gasteiger charge is 2.42. The summed E-state index contributed by atoms with van der Waals surface area (Å²) in [6, 6.07) is 0. The fourth-order valence-electron chi connectivity index (χ4n) is 2.09. The van der Waals surface area contributed by atoms with Gasteiger partial charge in [0.15, 0.2) is 0 Å². The Morgan fingerprint density at radius 1 is 1.53 bits per heavy atom. The van der Waals surface area contributed by atoms with Gasteiger partial charge in [0.05, 0.1) is 16.3 Å². The monoisotopic (exact) mass is 382 g/mol.